The molecule has 0 bridgehead atoms. The topological polar surface area (TPSA) is 61.6 Å². The molecule has 1 amide bonds. The highest BCUT2D eigenvalue weighted by Crippen LogP contribution is 2.24. The number of hydrazine groups is 1. The Balaban J connectivity index is 1.75. The van der Waals surface area contributed by atoms with Crippen LogP contribution < -0.4 is 11.2 Å². The molecule has 16 heavy (non-hydrogen) atoms. The first kappa shape index (κ1) is 11.8. The molecule has 2 atom stereocenters. The van der Waals surface area contributed by atoms with Crippen molar-refractivity contribution in [1.82, 2.24) is 15.3 Å². The third-order valence-corrected chi connectivity index (χ3v) is 3.62. The summed E-state index contributed by atoms with van der Waals surface area (Å²) in [6.07, 6.45) is 2.78. The maximum absolute atomic E-state index is 11.9. The van der Waals surface area contributed by atoms with E-state index in [0.29, 0.717) is 0 Å². The largest absolute Gasteiger partial charge is 0.328 e. The number of hydrogen-bond acceptors (Lipinski definition) is 4. The van der Waals surface area contributed by atoms with Crippen LogP contribution in [0.4, 0.5) is 0 Å². The maximum Gasteiger partial charge on any atom is 0.237 e. The van der Waals surface area contributed by atoms with Crippen molar-refractivity contribution < 1.29 is 4.79 Å². The Kier molecular flexibility index (Phi) is 3.78. The summed E-state index contributed by atoms with van der Waals surface area (Å²) >= 11 is 0. The molecule has 1 aliphatic carbocycles. The molecular weight excluding hydrogens is 204 g/mol. The first-order chi connectivity index (χ1) is 7.65. The van der Waals surface area contributed by atoms with Crippen LogP contribution in [-0.2, 0) is 4.79 Å². The van der Waals surface area contributed by atoms with E-state index in [0.717, 1.165) is 45.4 Å². The molecular formula is C11H22N4O. The fourth-order valence-corrected chi connectivity index (χ4v) is 2.42. The second-order valence-corrected chi connectivity index (χ2v) is 5.04. The van der Waals surface area contributed by atoms with E-state index in [1.165, 1.54) is 0 Å². The third-order valence-electron chi connectivity index (χ3n) is 3.62. The summed E-state index contributed by atoms with van der Waals surface area (Å²) in [6, 6.07) is 0.225. The average molecular weight is 226 g/mol. The number of nitrogens with one attached hydrogen (secondary N) is 1. The summed E-state index contributed by atoms with van der Waals surface area (Å²) < 4.78 is 0. The van der Waals surface area contributed by atoms with Gasteiger partial charge in [0.1, 0.15) is 0 Å². The first-order valence-electron chi connectivity index (χ1n) is 6.14. The molecule has 3 N–H and O–H groups in total. The lowest BCUT2D eigenvalue weighted by atomic mass is 10.1. The van der Waals surface area contributed by atoms with Gasteiger partial charge in [-0.25, -0.2) is 5.01 Å². The van der Waals surface area contributed by atoms with Crippen molar-refractivity contribution in [2.24, 2.45) is 11.7 Å². The van der Waals surface area contributed by atoms with Crippen molar-refractivity contribution in [3.05, 3.63) is 0 Å². The molecule has 5 nitrogen and oxygen atoms in total. The highest BCUT2D eigenvalue weighted by molar-refractivity contribution is 5.78. The van der Waals surface area contributed by atoms with Crippen LogP contribution in [-0.4, -0.2) is 55.1 Å². The standard InChI is InChI=1S/C11H22N4O/c1-14-4-6-15(7-5-14)13-11(16)9-2-3-10(12)8-9/h9-10H,2-8,12H2,1H3,(H,13,16). The lowest BCUT2D eigenvalue weighted by molar-refractivity contribution is -0.130. The van der Waals surface area contributed by atoms with Gasteiger partial charge >= 0.3 is 0 Å². The number of amides is 1. The van der Waals surface area contributed by atoms with Gasteiger partial charge in [-0.15, -0.1) is 0 Å². The number of nitrogens with two attached hydrogens (primary N) is 1. The maximum atomic E-state index is 11.9. The Bertz CT molecular complexity index is 250. The fraction of sp³-hybridized carbons (Fsp3) is 0.909. The van der Waals surface area contributed by atoms with E-state index in [1.54, 1.807) is 0 Å². The average Bonchev–Trinajstić information content (AvgIpc) is 2.68. The molecule has 0 aromatic heterocycles. The van der Waals surface area contributed by atoms with Gasteiger partial charge in [-0.2, -0.15) is 0 Å². The Morgan fingerprint density at radius 3 is 2.50 bits per heavy atom. The lowest BCUT2D eigenvalue weighted by Crippen LogP contribution is -2.53. The highest BCUT2D eigenvalue weighted by Gasteiger charge is 2.29. The molecule has 2 fully saturated rings. The monoisotopic (exact) mass is 226 g/mol. The molecule has 2 rings (SSSR count). The Hall–Kier alpha value is -0.650. The number of carbonyl (C=O) groups is 1. The minimum atomic E-state index is 0.134. The van der Waals surface area contributed by atoms with Gasteiger partial charge in [0.2, 0.25) is 5.91 Å². The van der Waals surface area contributed by atoms with Gasteiger partial charge in [0.15, 0.2) is 0 Å². The minimum absolute atomic E-state index is 0.134. The SMILES string of the molecule is CN1CCN(NC(=O)C2CCC(N)C2)CC1. The summed E-state index contributed by atoms with van der Waals surface area (Å²) in [5, 5.41) is 2.03. The zero-order valence-electron chi connectivity index (χ0n) is 9.98. The van der Waals surface area contributed by atoms with E-state index in [4.69, 9.17) is 5.73 Å². The molecule has 0 spiro atoms. The van der Waals surface area contributed by atoms with E-state index in [2.05, 4.69) is 17.4 Å². The van der Waals surface area contributed by atoms with Crippen LogP contribution in [0.1, 0.15) is 19.3 Å². The summed E-state index contributed by atoms with van der Waals surface area (Å²) in [5.41, 5.74) is 8.83. The van der Waals surface area contributed by atoms with E-state index >= 15 is 0 Å². The number of rotatable bonds is 2. The van der Waals surface area contributed by atoms with Gasteiger partial charge in [-0.3, -0.25) is 10.2 Å². The van der Waals surface area contributed by atoms with Crippen LogP contribution in [0.3, 0.4) is 0 Å². The molecule has 92 valence electrons. The van der Waals surface area contributed by atoms with Crippen LogP contribution in [0.5, 0.6) is 0 Å². The van der Waals surface area contributed by atoms with E-state index in [9.17, 15) is 4.79 Å². The van der Waals surface area contributed by atoms with Crippen molar-refractivity contribution >= 4 is 5.91 Å². The predicted molar refractivity (Wildman–Crippen MR) is 62.5 cm³/mol. The molecule has 0 aromatic carbocycles. The van der Waals surface area contributed by atoms with Crippen LogP contribution in [0.15, 0.2) is 0 Å². The minimum Gasteiger partial charge on any atom is -0.328 e. The van der Waals surface area contributed by atoms with E-state index < -0.39 is 0 Å². The number of piperazine rings is 1. The van der Waals surface area contributed by atoms with Gasteiger partial charge in [0.05, 0.1) is 0 Å². The van der Waals surface area contributed by atoms with Crippen LogP contribution in [0.25, 0.3) is 0 Å². The van der Waals surface area contributed by atoms with Gasteiger partial charge in [-0.1, -0.05) is 0 Å². The molecule has 2 unspecified atom stereocenters. The first-order valence-corrected chi connectivity index (χ1v) is 6.14. The third kappa shape index (κ3) is 2.93. The van der Waals surface area contributed by atoms with Crippen LogP contribution >= 0.6 is 0 Å². The van der Waals surface area contributed by atoms with E-state index in [1.807, 2.05) is 5.01 Å². The van der Waals surface area contributed by atoms with Crippen molar-refractivity contribution in [3.8, 4) is 0 Å². The number of likely N-dealkylation sites (N-methyl/N-ethyl adjacent to an activating group) is 1. The Labute approximate surface area is 96.9 Å². The van der Waals surface area contributed by atoms with Crippen molar-refractivity contribution in [2.45, 2.75) is 25.3 Å². The highest BCUT2D eigenvalue weighted by atomic mass is 16.2. The lowest BCUT2D eigenvalue weighted by Gasteiger charge is -2.33. The van der Waals surface area contributed by atoms with Gasteiger partial charge in [0.25, 0.3) is 0 Å². The van der Waals surface area contributed by atoms with E-state index in [-0.39, 0.29) is 17.9 Å². The molecule has 2 aliphatic rings. The smallest absolute Gasteiger partial charge is 0.237 e. The molecule has 1 aliphatic heterocycles. The normalized spacial score (nSPS) is 32.9. The van der Waals surface area contributed by atoms with Crippen molar-refractivity contribution in [2.75, 3.05) is 33.2 Å². The van der Waals surface area contributed by atoms with Crippen LogP contribution in [0.2, 0.25) is 0 Å². The summed E-state index contributed by atoms with van der Waals surface area (Å²) in [6.45, 7) is 3.87. The van der Waals surface area contributed by atoms with Crippen LogP contribution in [0, 0.1) is 5.92 Å². The summed E-state index contributed by atoms with van der Waals surface area (Å²) in [7, 11) is 2.11. The zero-order chi connectivity index (χ0) is 11.5. The Morgan fingerprint density at radius 1 is 1.25 bits per heavy atom. The molecule has 1 heterocycles. The Morgan fingerprint density at radius 2 is 1.94 bits per heavy atom. The zero-order valence-corrected chi connectivity index (χ0v) is 9.98. The number of hydrogen-bond donors (Lipinski definition) is 2. The molecule has 1 saturated carbocycles. The van der Waals surface area contributed by atoms with Gasteiger partial charge in [0, 0.05) is 38.1 Å². The fourth-order valence-electron chi connectivity index (χ4n) is 2.42. The van der Waals surface area contributed by atoms with Crippen molar-refractivity contribution in [3.63, 3.8) is 0 Å². The number of nitrogens with zero attached hydrogens (tertiary/aromatic N) is 2. The number of carbonyl (C=O) groups excluding carboxylic acids is 1. The summed E-state index contributed by atoms with van der Waals surface area (Å²) in [4.78, 5) is 14.2. The van der Waals surface area contributed by atoms with Gasteiger partial charge in [-0.05, 0) is 26.3 Å². The van der Waals surface area contributed by atoms with Gasteiger partial charge < -0.3 is 10.6 Å². The molecule has 5 heteroatoms. The molecule has 1 saturated heterocycles. The predicted octanol–water partition coefficient (Wildman–Crippen LogP) is -0.608. The summed E-state index contributed by atoms with van der Waals surface area (Å²) in [5.74, 6) is 0.298. The van der Waals surface area contributed by atoms with Crippen molar-refractivity contribution in [1.29, 1.82) is 0 Å². The molecule has 0 aromatic rings. The second kappa shape index (κ2) is 5.12. The molecule has 0 radical (unpaired) electrons. The second-order valence-electron chi connectivity index (χ2n) is 5.04. The quantitative estimate of drug-likeness (QED) is 0.659.